The van der Waals surface area contributed by atoms with Crippen molar-refractivity contribution in [2.24, 2.45) is 0 Å². The molecule has 6 rings (SSSR count). The number of aliphatic hydroxyl groups is 1. The number of pyridine rings is 1. The summed E-state index contributed by atoms with van der Waals surface area (Å²) in [5, 5.41) is 11.8. The first kappa shape index (κ1) is 22.9. The molecule has 1 N–H and O–H groups in total. The van der Waals surface area contributed by atoms with E-state index in [0.29, 0.717) is 33.9 Å². The number of benzene rings is 2. The highest BCUT2D eigenvalue weighted by atomic mass is 32.1. The van der Waals surface area contributed by atoms with E-state index in [1.165, 1.54) is 40.5 Å². The number of methoxy groups -OCH3 is 1. The maximum Gasteiger partial charge on any atom is 0.301 e. The number of ether oxygens (including phenoxy) is 1. The van der Waals surface area contributed by atoms with Crippen LogP contribution in [0.3, 0.4) is 0 Å². The third-order valence-electron chi connectivity index (χ3n) is 6.35. The van der Waals surface area contributed by atoms with Crippen molar-refractivity contribution in [3.05, 3.63) is 95.2 Å². The second kappa shape index (κ2) is 8.52. The number of aliphatic hydroxyl groups excluding tert-OH is 1. The fourth-order valence-electron chi connectivity index (χ4n) is 4.64. The summed E-state index contributed by atoms with van der Waals surface area (Å²) in [6, 6.07) is 15.1. The zero-order chi connectivity index (χ0) is 25.8. The minimum atomic E-state index is -1.03. The van der Waals surface area contributed by atoms with E-state index in [9.17, 15) is 19.1 Å². The number of carbonyl (C=O) groups is 2. The van der Waals surface area contributed by atoms with Gasteiger partial charge in [0.15, 0.2) is 10.9 Å². The number of aromatic nitrogens is 3. The topological polar surface area (TPSA) is 97.0 Å². The van der Waals surface area contributed by atoms with Gasteiger partial charge in [0.1, 0.15) is 22.9 Å². The summed E-state index contributed by atoms with van der Waals surface area (Å²) in [4.78, 5) is 37.3. The largest absolute Gasteiger partial charge is 0.505 e. The van der Waals surface area contributed by atoms with Crippen LogP contribution in [0, 0.1) is 12.7 Å². The average molecular weight is 515 g/mol. The number of imidazole rings is 1. The molecule has 5 aromatic rings. The van der Waals surface area contributed by atoms with E-state index in [4.69, 9.17) is 4.74 Å². The standard InChI is InChI=1S/C27H19FN4O4S/c1-14-22(31-12-4-3-5-20(31)29-14)24(33)21-23(15-6-8-16(28)9-7-15)32(26(35)25(21)34)27-30-18-11-10-17(36-2)13-19(18)37-27/h3-13,23,33H,1-2H3. The Hall–Kier alpha value is -4.57. The molecule has 1 aliphatic rings. The van der Waals surface area contributed by atoms with Gasteiger partial charge in [-0.25, -0.2) is 14.4 Å². The SMILES string of the molecule is COc1ccc2nc(N3C(=O)C(=O)C(=C(O)c4c(C)nc5ccccn45)C3c3ccc(F)cc3)sc2c1. The molecule has 4 heterocycles. The van der Waals surface area contributed by atoms with Crippen LogP contribution in [0.25, 0.3) is 21.6 Å². The summed E-state index contributed by atoms with van der Waals surface area (Å²) in [6.45, 7) is 1.71. The number of amides is 1. The smallest absolute Gasteiger partial charge is 0.301 e. The van der Waals surface area contributed by atoms with E-state index >= 15 is 0 Å². The zero-order valence-electron chi connectivity index (χ0n) is 19.7. The number of carbonyl (C=O) groups excluding carboxylic acids is 2. The molecule has 1 fully saturated rings. The molecule has 184 valence electrons. The average Bonchev–Trinajstić information content (AvgIpc) is 3.54. The lowest BCUT2D eigenvalue weighted by Crippen LogP contribution is -2.29. The quantitative estimate of drug-likeness (QED) is 0.205. The first-order chi connectivity index (χ1) is 17.9. The normalized spacial score (nSPS) is 17.3. The van der Waals surface area contributed by atoms with Crippen molar-refractivity contribution in [3.8, 4) is 5.75 Å². The van der Waals surface area contributed by atoms with E-state index in [2.05, 4.69) is 9.97 Å². The molecule has 8 nitrogen and oxygen atoms in total. The van der Waals surface area contributed by atoms with Gasteiger partial charge in [0, 0.05) is 6.20 Å². The number of rotatable bonds is 4. The number of Topliss-reactive ketones (excluding diaryl/α,β-unsaturated/α-hetero) is 1. The molecule has 1 unspecified atom stereocenters. The molecule has 10 heteroatoms. The van der Waals surface area contributed by atoms with Gasteiger partial charge in [-0.05, 0) is 55.0 Å². The first-order valence-corrected chi connectivity index (χ1v) is 12.1. The monoisotopic (exact) mass is 514 g/mol. The van der Waals surface area contributed by atoms with Gasteiger partial charge in [-0.2, -0.15) is 0 Å². The summed E-state index contributed by atoms with van der Waals surface area (Å²) < 4.78 is 21.5. The van der Waals surface area contributed by atoms with Crippen LogP contribution in [0.1, 0.15) is 23.0 Å². The van der Waals surface area contributed by atoms with Crippen molar-refractivity contribution in [1.82, 2.24) is 14.4 Å². The maximum atomic E-state index is 13.8. The predicted molar refractivity (Wildman–Crippen MR) is 137 cm³/mol. The highest BCUT2D eigenvalue weighted by Gasteiger charge is 2.48. The van der Waals surface area contributed by atoms with E-state index in [1.54, 1.807) is 55.0 Å². The molecule has 0 saturated carbocycles. The number of thiazole rings is 1. The van der Waals surface area contributed by atoms with Gasteiger partial charge in [0.2, 0.25) is 0 Å². The van der Waals surface area contributed by atoms with Crippen LogP contribution in [0.5, 0.6) is 5.75 Å². The van der Waals surface area contributed by atoms with Crippen molar-refractivity contribution < 1.29 is 23.8 Å². The van der Waals surface area contributed by atoms with Gasteiger partial charge < -0.3 is 9.84 Å². The Bertz CT molecular complexity index is 1760. The zero-order valence-corrected chi connectivity index (χ0v) is 20.5. The summed E-state index contributed by atoms with van der Waals surface area (Å²) in [5.74, 6) is -1.91. The number of anilines is 1. The molecule has 1 saturated heterocycles. The van der Waals surface area contributed by atoms with Crippen LogP contribution < -0.4 is 9.64 Å². The molecule has 1 aliphatic heterocycles. The lowest BCUT2D eigenvalue weighted by Gasteiger charge is -2.23. The molecule has 1 amide bonds. The van der Waals surface area contributed by atoms with Crippen LogP contribution in [-0.4, -0.2) is 38.3 Å². The highest BCUT2D eigenvalue weighted by Crippen LogP contribution is 2.45. The van der Waals surface area contributed by atoms with Crippen molar-refractivity contribution in [2.75, 3.05) is 12.0 Å². The van der Waals surface area contributed by atoms with Gasteiger partial charge in [-0.1, -0.05) is 29.5 Å². The number of fused-ring (bicyclic) bond motifs is 2. The van der Waals surface area contributed by atoms with E-state index in [-0.39, 0.29) is 16.5 Å². The molecular weight excluding hydrogens is 495 g/mol. The number of ketones is 1. The molecule has 1 atom stereocenters. The van der Waals surface area contributed by atoms with Crippen molar-refractivity contribution >= 4 is 49.8 Å². The number of aryl methyl sites for hydroxylation is 1. The van der Waals surface area contributed by atoms with Gasteiger partial charge in [0.25, 0.3) is 5.78 Å². The van der Waals surface area contributed by atoms with Gasteiger partial charge >= 0.3 is 5.91 Å². The number of halogens is 1. The number of hydrogen-bond acceptors (Lipinski definition) is 7. The van der Waals surface area contributed by atoms with E-state index in [1.807, 2.05) is 6.07 Å². The van der Waals surface area contributed by atoms with Crippen LogP contribution in [0.4, 0.5) is 9.52 Å². The molecule has 0 radical (unpaired) electrons. The van der Waals surface area contributed by atoms with Crippen molar-refractivity contribution in [1.29, 1.82) is 0 Å². The molecule has 3 aromatic heterocycles. The van der Waals surface area contributed by atoms with E-state index in [0.717, 1.165) is 4.70 Å². The third kappa shape index (κ3) is 3.56. The molecule has 37 heavy (non-hydrogen) atoms. The Morgan fingerprint density at radius 2 is 1.86 bits per heavy atom. The summed E-state index contributed by atoms with van der Waals surface area (Å²) in [6.07, 6.45) is 1.72. The second-order valence-electron chi connectivity index (χ2n) is 8.53. The molecule has 2 aromatic carbocycles. The molecule has 0 spiro atoms. The Balaban J connectivity index is 1.59. The lowest BCUT2D eigenvalue weighted by atomic mass is 9.96. The van der Waals surface area contributed by atoms with Crippen molar-refractivity contribution in [2.45, 2.75) is 13.0 Å². The van der Waals surface area contributed by atoms with Crippen LogP contribution in [0.15, 0.2) is 72.4 Å². The second-order valence-corrected chi connectivity index (χ2v) is 9.53. The van der Waals surface area contributed by atoms with Gasteiger partial charge in [-0.3, -0.25) is 18.9 Å². The highest BCUT2D eigenvalue weighted by molar-refractivity contribution is 7.22. The maximum absolute atomic E-state index is 13.8. The summed E-state index contributed by atoms with van der Waals surface area (Å²) >= 11 is 1.21. The predicted octanol–water partition coefficient (Wildman–Crippen LogP) is 5.03. The number of nitrogens with zero attached hydrogens (tertiary/aromatic N) is 4. The Morgan fingerprint density at radius 1 is 1.08 bits per heavy atom. The fourth-order valence-corrected chi connectivity index (χ4v) is 5.66. The third-order valence-corrected chi connectivity index (χ3v) is 7.37. The fraction of sp³-hybridized carbons (Fsp3) is 0.111. The molecule has 0 aliphatic carbocycles. The minimum Gasteiger partial charge on any atom is -0.505 e. The van der Waals surface area contributed by atoms with Crippen LogP contribution in [-0.2, 0) is 9.59 Å². The minimum absolute atomic E-state index is 0.123. The van der Waals surface area contributed by atoms with Crippen LogP contribution >= 0.6 is 11.3 Å². The van der Waals surface area contributed by atoms with Crippen molar-refractivity contribution in [3.63, 3.8) is 0 Å². The van der Waals surface area contributed by atoms with Gasteiger partial charge in [0.05, 0.1) is 34.6 Å². The lowest BCUT2D eigenvalue weighted by molar-refractivity contribution is -0.132. The molecule has 0 bridgehead atoms. The number of hydrogen-bond donors (Lipinski definition) is 1. The van der Waals surface area contributed by atoms with Crippen LogP contribution in [0.2, 0.25) is 0 Å². The molecular formula is C27H19FN4O4S. The summed E-state index contributed by atoms with van der Waals surface area (Å²) in [7, 11) is 1.55. The van der Waals surface area contributed by atoms with Gasteiger partial charge in [-0.15, -0.1) is 0 Å². The Morgan fingerprint density at radius 3 is 2.62 bits per heavy atom. The van der Waals surface area contributed by atoms with E-state index < -0.39 is 23.5 Å². The Kier molecular flexibility index (Phi) is 5.27. The summed E-state index contributed by atoms with van der Waals surface area (Å²) in [5.41, 5.74) is 2.31. The first-order valence-electron chi connectivity index (χ1n) is 11.3. The Labute approximate surface area is 213 Å².